The molecule has 0 saturated carbocycles. The lowest BCUT2D eigenvalue weighted by atomic mass is 10.1. The Morgan fingerprint density at radius 2 is 2.15 bits per heavy atom. The van der Waals surface area contributed by atoms with Crippen LogP contribution in [0, 0.1) is 0 Å². The molecule has 2 heterocycles. The van der Waals surface area contributed by atoms with Crippen molar-refractivity contribution >= 4 is 22.4 Å². The van der Waals surface area contributed by atoms with Crippen LogP contribution < -0.4 is 5.73 Å². The number of ketones is 1. The number of Topliss-reactive ketones (excluding diaryl/α,β-unsaturated/α-hetero) is 1. The van der Waals surface area contributed by atoms with Crippen LogP contribution in [0.15, 0.2) is 42.7 Å². The van der Waals surface area contributed by atoms with Crippen molar-refractivity contribution < 1.29 is 4.79 Å². The first kappa shape index (κ1) is 12.3. The molecule has 0 spiro atoms. The molecular formula is C15H14N4O. The summed E-state index contributed by atoms with van der Waals surface area (Å²) >= 11 is 0. The van der Waals surface area contributed by atoms with E-state index >= 15 is 0 Å². The average molecular weight is 266 g/mol. The van der Waals surface area contributed by atoms with Crippen LogP contribution in [0.3, 0.4) is 0 Å². The molecule has 0 fully saturated rings. The molecule has 100 valence electrons. The van der Waals surface area contributed by atoms with Crippen LogP contribution in [-0.2, 0) is 13.5 Å². The van der Waals surface area contributed by atoms with Crippen molar-refractivity contribution in [3.63, 3.8) is 0 Å². The largest absolute Gasteiger partial charge is 0.398 e. The van der Waals surface area contributed by atoms with Gasteiger partial charge in [-0.25, -0.2) is 9.97 Å². The molecule has 5 heteroatoms. The van der Waals surface area contributed by atoms with Crippen LogP contribution in [0.5, 0.6) is 0 Å². The van der Waals surface area contributed by atoms with Gasteiger partial charge in [-0.15, -0.1) is 0 Å². The van der Waals surface area contributed by atoms with Crippen LogP contribution in [0.1, 0.15) is 16.3 Å². The Balaban J connectivity index is 1.98. The van der Waals surface area contributed by atoms with Crippen LogP contribution in [0.25, 0.3) is 10.9 Å². The molecule has 2 aromatic heterocycles. The van der Waals surface area contributed by atoms with Gasteiger partial charge in [0, 0.05) is 30.5 Å². The topological polar surface area (TPSA) is 73.8 Å². The summed E-state index contributed by atoms with van der Waals surface area (Å²) < 4.78 is 1.82. The third kappa shape index (κ3) is 2.14. The molecule has 1 aromatic carbocycles. The quantitative estimate of drug-likeness (QED) is 0.735. The number of fused-ring (bicyclic) bond motifs is 1. The molecule has 0 radical (unpaired) electrons. The molecule has 0 bridgehead atoms. The van der Waals surface area contributed by atoms with Crippen LogP contribution >= 0.6 is 0 Å². The molecule has 0 amide bonds. The number of benzene rings is 1. The summed E-state index contributed by atoms with van der Waals surface area (Å²) in [5, 5.41) is 0.862. The van der Waals surface area contributed by atoms with E-state index in [4.69, 9.17) is 5.73 Å². The summed E-state index contributed by atoms with van der Waals surface area (Å²) in [7, 11) is 1.86. The summed E-state index contributed by atoms with van der Waals surface area (Å²) in [6.07, 6.45) is 3.70. The predicted octanol–water partition coefficient (Wildman–Crippen LogP) is 1.98. The van der Waals surface area contributed by atoms with E-state index in [1.165, 1.54) is 0 Å². The van der Waals surface area contributed by atoms with Gasteiger partial charge in [0.1, 0.15) is 11.5 Å². The third-order valence-electron chi connectivity index (χ3n) is 3.27. The number of aromatic nitrogens is 3. The minimum atomic E-state index is -0.0863. The number of carbonyl (C=O) groups excluding carboxylic acids is 1. The van der Waals surface area contributed by atoms with E-state index in [2.05, 4.69) is 9.97 Å². The zero-order chi connectivity index (χ0) is 14.1. The van der Waals surface area contributed by atoms with Crippen molar-refractivity contribution in [3.8, 4) is 0 Å². The molecule has 0 aliphatic carbocycles. The van der Waals surface area contributed by atoms with Crippen molar-refractivity contribution in [2.75, 3.05) is 5.73 Å². The lowest BCUT2D eigenvalue weighted by Gasteiger charge is -2.06. The van der Waals surface area contributed by atoms with E-state index in [0.29, 0.717) is 17.2 Å². The van der Waals surface area contributed by atoms with Gasteiger partial charge in [-0.1, -0.05) is 18.2 Å². The highest BCUT2D eigenvalue weighted by Gasteiger charge is 2.13. The lowest BCUT2D eigenvalue weighted by molar-refractivity contribution is 0.0985. The van der Waals surface area contributed by atoms with Crippen LogP contribution in [0.4, 0.5) is 5.69 Å². The maximum absolute atomic E-state index is 12.3. The van der Waals surface area contributed by atoms with Crippen molar-refractivity contribution in [2.45, 2.75) is 6.42 Å². The fraction of sp³-hybridized carbons (Fsp3) is 0.133. The molecule has 0 aliphatic heterocycles. The molecule has 2 N–H and O–H groups in total. The number of nitrogens with two attached hydrogens (primary N) is 1. The van der Waals surface area contributed by atoms with Gasteiger partial charge in [-0.2, -0.15) is 0 Å². The number of hydrogen-bond acceptors (Lipinski definition) is 4. The zero-order valence-electron chi connectivity index (χ0n) is 11.1. The number of hydrogen-bond donors (Lipinski definition) is 1. The zero-order valence-corrected chi connectivity index (χ0v) is 11.1. The van der Waals surface area contributed by atoms with Crippen molar-refractivity contribution in [3.05, 3.63) is 54.2 Å². The maximum atomic E-state index is 12.3. The van der Waals surface area contributed by atoms with Gasteiger partial charge in [0.25, 0.3) is 0 Å². The SMILES string of the molecule is Cn1ccnc1CC(=O)c1cc(N)c2ccccc2n1. The van der Waals surface area contributed by atoms with Gasteiger partial charge in [-0.05, 0) is 12.1 Å². The Morgan fingerprint density at radius 3 is 2.90 bits per heavy atom. The monoisotopic (exact) mass is 266 g/mol. The van der Waals surface area contributed by atoms with Crippen molar-refractivity contribution in [1.82, 2.24) is 14.5 Å². The van der Waals surface area contributed by atoms with E-state index < -0.39 is 0 Å². The lowest BCUT2D eigenvalue weighted by Crippen LogP contribution is -2.10. The highest BCUT2D eigenvalue weighted by molar-refractivity contribution is 6.00. The minimum absolute atomic E-state index is 0.0863. The summed E-state index contributed by atoms with van der Waals surface area (Å²) in [6, 6.07) is 9.15. The Morgan fingerprint density at radius 1 is 1.35 bits per heavy atom. The van der Waals surface area contributed by atoms with Gasteiger partial charge >= 0.3 is 0 Å². The van der Waals surface area contributed by atoms with E-state index in [-0.39, 0.29) is 12.2 Å². The Kier molecular flexibility index (Phi) is 2.95. The van der Waals surface area contributed by atoms with E-state index in [0.717, 1.165) is 10.9 Å². The number of imidazole rings is 1. The van der Waals surface area contributed by atoms with Gasteiger partial charge in [-0.3, -0.25) is 4.79 Å². The number of nitrogens with zero attached hydrogens (tertiary/aromatic N) is 3. The van der Waals surface area contributed by atoms with Crippen molar-refractivity contribution in [1.29, 1.82) is 0 Å². The summed E-state index contributed by atoms with van der Waals surface area (Å²) in [5.41, 5.74) is 7.66. The number of pyridine rings is 1. The fourth-order valence-corrected chi connectivity index (χ4v) is 2.15. The maximum Gasteiger partial charge on any atom is 0.188 e. The summed E-state index contributed by atoms with van der Waals surface area (Å²) in [4.78, 5) is 20.8. The van der Waals surface area contributed by atoms with E-state index in [9.17, 15) is 4.79 Å². The summed E-state index contributed by atoms with van der Waals surface area (Å²) in [5.74, 6) is 0.625. The second-order valence-corrected chi connectivity index (χ2v) is 4.67. The van der Waals surface area contributed by atoms with Gasteiger partial charge in [0.2, 0.25) is 0 Å². The number of nitrogen functional groups attached to an aromatic ring is 1. The molecule has 0 saturated heterocycles. The van der Waals surface area contributed by atoms with Gasteiger partial charge < -0.3 is 10.3 Å². The molecular weight excluding hydrogens is 252 g/mol. The standard InChI is InChI=1S/C15H14N4O/c1-19-7-6-17-15(19)9-14(20)13-8-11(16)10-4-2-3-5-12(10)18-13/h2-8H,9H2,1H3,(H2,16,18). The van der Waals surface area contributed by atoms with Crippen LogP contribution in [-0.4, -0.2) is 20.3 Å². The minimum Gasteiger partial charge on any atom is -0.398 e. The van der Waals surface area contributed by atoms with E-state index in [1.807, 2.05) is 42.1 Å². The van der Waals surface area contributed by atoms with Gasteiger partial charge in [0.05, 0.1) is 11.9 Å². The number of carbonyl (C=O) groups is 1. The first-order valence-corrected chi connectivity index (χ1v) is 6.30. The van der Waals surface area contributed by atoms with Gasteiger partial charge in [0.15, 0.2) is 5.78 Å². The highest BCUT2D eigenvalue weighted by atomic mass is 16.1. The Hall–Kier alpha value is -2.69. The Labute approximate surface area is 116 Å². The smallest absolute Gasteiger partial charge is 0.188 e. The number of rotatable bonds is 3. The molecule has 20 heavy (non-hydrogen) atoms. The third-order valence-corrected chi connectivity index (χ3v) is 3.27. The first-order valence-electron chi connectivity index (χ1n) is 6.30. The van der Waals surface area contributed by atoms with Crippen LogP contribution in [0.2, 0.25) is 0 Å². The molecule has 0 aliphatic rings. The normalized spacial score (nSPS) is 10.8. The first-order chi connectivity index (χ1) is 9.65. The second-order valence-electron chi connectivity index (χ2n) is 4.67. The molecule has 0 atom stereocenters. The highest BCUT2D eigenvalue weighted by Crippen LogP contribution is 2.20. The molecule has 0 unspecified atom stereocenters. The predicted molar refractivity (Wildman–Crippen MR) is 77.4 cm³/mol. The second kappa shape index (κ2) is 4.77. The van der Waals surface area contributed by atoms with E-state index in [1.54, 1.807) is 12.3 Å². The molecule has 3 rings (SSSR count). The number of anilines is 1. The molecule has 3 aromatic rings. The Bertz CT molecular complexity index is 791. The molecule has 5 nitrogen and oxygen atoms in total. The number of aryl methyl sites for hydroxylation is 1. The average Bonchev–Trinajstić information content (AvgIpc) is 2.84. The van der Waals surface area contributed by atoms with Crippen molar-refractivity contribution in [2.24, 2.45) is 7.05 Å². The fourth-order valence-electron chi connectivity index (χ4n) is 2.15. The summed E-state index contributed by atoms with van der Waals surface area (Å²) in [6.45, 7) is 0. The number of para-hydroxylation sites is 1.